The largest absolute Gasteiger partial charge is 0.439 e. The first kappa shape index (κ1) is 22.6. The zero-order chi connectivity index (χ0) is 22.2. The summed E-state index contributed by atoms with van der Waals surface area (Å²) in [4.78, 5) is 31.0. The zero-order valence-corrected chi connectivity index (χ0v) is 18.6. The Balaban J connectivity index is 1.43. The summed E-state index contributed by atoms with van der Waals surface area (Å²) in [5.41, 5.74) is 1.75. The normalized spacial score (nSPS) is 14.4. The molecule has 1 aromatic carbocycles. The number of aromatic nitrogens is 1. The SMILES string of the molecule is CCC(CC)C(=O)N1CCC(NC(=O)Nc2ccc(Oc3ccc(C)cc3)nc2)CC1. The number of hydrogen-bond acceptors (Lipinski definition) is 4. The van der Waals surface area contributed by atoms with Crippen molar-refractivity contribution < 1.29 is 14.3 Å². The van der Waals surface area contributed by atoms with Crippen LogP contribution in [0.25, 0.3) is 0 Å². The second-order valence-corrected chi connectivity index (χ2v) is 8.01. The van der Waals surface area contributed by atoms with Crippen LogP contribution in [-0.2, 0) is 4.79 Å². The Kier molecular flexibility index (Phi) is 7.87. The first-order valence-corrected chi connectivity index (χ1v) is 11.0. The van der Waals surface area contributed by atoms with Gasteiger partial charge in [0, 0.05) is 31.1 Å². The highest BCUT2D eigenvalue weighted by Gasteiger charge is 2.27. The molecule has 0 atom stereocenters. The van der Waals surface area contributed by atoms with Crippen LogP contribution < -0.4 is 15.4 Å². The van der Waals surface area contributed by atoms with Crippen molar-refractivity contribution in [1.29, 1.82) is 0 Å². The second kappa shape index (κ2) is 10.8. The molecule has 0 radical (unpaired) electrons. The number of carbonyl (C=O) groups is 2. The summed E-state index contributed by atoms with van der Waals surface area (Å²) in [5.74, 6) is 1.53. The lowest BCUT2D eigenvalue weighted by atomic mass is 9.98. The summed E-state index contributed by atoms with van der Waals surface area (Å²) in [6.07, 6.45) is 4.85. The molecule has 0 unspecified atom stereocenters. The van der Waals surface area contributed by atoms with E-state index in [2.05, 4.69) is 29.5 Å². The molecule has 7 heteroatoms. The molecule has 2 aromatic rings. The lowest BCUT2D eigenvalue weighted by molar-refractivity contribution is -0.136. The van der Waals surface area contributed by atoms with Gasteiger partial charge >= 0.3 is 6.03 Å². The van der Waals surface area contributed by atoms with E-state index in [0.717, 1.165) is 31.2 Å². The predicted octanol–water partition coefficient (Wildman–Crippen LogP) is 4.73. The quantitative estimate of drug-likeness (QED) is 0.673. The van der Waals surface area contributed by atoms with Crippen molar-refractivity contribution in [2.75, 3.05) is 18.4 Å². The van der Waals surface area contributed by atoms with Gasteiger partial charge in [-0.3, -0.25) is 4.79 Å². The third-order valence-corrected chi connectivity index (χ3v) is 5.71. The Labute approximate surface area is 184 Å². The maximum atomic E-state index is 12.5. The first-order valence-electron chi connectivity index (χ1n) is 11.0. The molecule has 2 N–H and O–H groups in total. The summed E-state index contributed by atoms with van der Waals surface area (Å²) in [6.45, 7) is 7.51. The highest BCUT2D eigenvalue weighted by atomic mass is 16.5. The molecule has 1 aromatic heterocycles. The average molecular weight is 425 g/mol. The highest BCUT2D eigenvalue weighted by Crippen LogP contribution is 2.21. The molecule has 7 nitrogen and oxygen atoms in total. The standard InChI is InChI=1S/C24H32N4O3/c1-4-18(5-2)23(29)28-14-12-19(13-15-28)26-24(30)27-20-8-11-22(25-16-20)31-21-9-6-17(3)7-10-21/h6-11,16,18-19H,4-5,12-15H2,1-3H3,(H2,26,27,30). The van der Waals surface area contributed by atoms with E-state index in [4.69, 9.17) is 4.74 Å². The number of carbonyl (C=O) groups excluding carboxylic acids is 2. The molecule has 166 valence electrons. The second-order valence-electron chi connectivity index (χ2n) is 8.01. The summed E-state index contributed by atoms with van der Waals surface area (Å²) in [5, 5.41) is 5.81. The fourth-order valence-electron chi connectivity index (χ4n) is 3.73. The molecule has 1 saturated heterocycles. The summed E-state index contributed by atoms with van der Waals surface area (Å²) >= 11 is 0. The third kappa shape index (κ3) is 6.44. The molecular weight excluding hydrogens is 392 g/mol. The molecular formula is C24H32N4O3. The van der Waals surface area contributed by atoms with Gasteiger partial charge in [-0.1, -0.05) is 31.5 Å². The number of amides is 3. The minimum atomic E-state index is -0.265. The number of nitrogens with zero attached hydrogens (tertiary/aromatic N) is 2. The first-order chi connectivity index (χ1) is 15.0. The van der Waals surface area contributed by atoms with Crippen LogP contribution in [0.3, 0.4) is 0 Å². The number of piperidine rings is 1. The van der Waals surface area contributed by atoms with Crippen molar-refractivity contribution in [1.82, 2.24) is 15.2 Å². The van der Waals surface area contributed by atoms with Gasteiger partial charge in [0.05, 0.1) is 11.9 Å². The molecule has 0 aliphatic carbocycles. The number of ether oxygens (including phenoxy) is 1. The van der Waals surface area contributed by atoms with E-state index in [1.54, 1.807) is 18.3 Å². The number of anilines is 1. The van der Waals surface area contributed by atoms with Crippen LogP contribution in [0.5, 0.6) is 11.6 Å². The minimum absolute atomic E-state index is 0.0582. The van der Waals surface area contributed by atoms with Crippen molar-refractivity contribution in [2.45, 2.75) is 52.5 Å². The fourth-order valence-corrected chi connectivity index (χ4v) is 3.73. The van der Waals surface area contributed by atoms with Gasteiger partial charge < -0.3 is 20.3 Å². The van der Waals surface area contributed by atoms with Crippen molar-refractivity contribution in [3.8, 4) is 11.6 Å². The molecule has 0 spiro atoms. The summed E-state index contributed by atoms with van der Waals surface area (Å²) in [6, 6.07) is 11.0. The summed E-state index contributed by atoms with van der Waals surface area (Å²) < 4.78 is 5.71. The van der Waals surface area contributed by atoms with Crippen molar-refractivity contribution in [2.24, 2.45) is 5.92 Å². The smallest absolute Gasteiger partial charge is 0.319 e. The van der Waals surface area contributed by atoms with Crippen molar-refractivity contribution in [3.05, 3.63) is 48.2 Å². The van der Waals surface area contributed by atoms with Crippen LogP contribution >= 0.6 is 0 Å². The highest BCUT2D eigenvalue weighted by molar-refractivity contribution is 5.89. The number of nitrogens with one attached hydrogen (secondary N) is 2. The molecule has 3 amide bonds. The van der Waals surface area contributed by atoms with Gasteiger partial charge in [-0.15, -0.1) is 0 Å². The van der Waals surface area contributed by atoms with Gasteiger partial charge in [0.25, 0.3) is 0 Å². The summed E-state index contributed by atoms with van der Waals surface area (Å²) in [7, 11) is 0. The Morgan fingerprint density at radius 1 is 1.10 bits per heavy atom. The van der Waals surface area contributed by atoms with E-state index in [-0.39, 0.29) is 23.9 Å². The Morgan fingerprint density at radius 2 is 1.77 bits per heavy atom. The van der Waals surface area contributed by atoms with Gasteiger partial charge in [0.15, 0.2) is 0 Å². The third-order valence-electron chi connectivity index (χ3n) is 5.71. The van der Waals surface area contributed by atoms with Crippen LogP contribution in [0.1, 0.15) is 45.1 Å². The number of likely N-dealkylation sites (tertiary alicyclic amines) is 1. The molecule has 0 bridgehead atoms. The molecule has 1 aliphatic heterocycles. The van der Waals surface area contributed by atoms with Gasteiger partial charge in [-0.2, -0.15) is 0 Å². The topological polar surface area (TPSA) is 83.6 Å². The van der Waals surface area contributed by atoms with E-state index >= 15 is 0 Å². The van der Waals surface area contributed by atoms with E-state index in [1.165, 1.54) is 0 Å². The zero-order valence-electron chi connectivity index (χ0n) is 18.6. The van der Waals surface area contributed by atoms with Crippen molar-refractivity contribution >= 4 is 17.6 Å². The average Bonchev–Trinajstić information content (AvgIpc) is 2.78. The molecule has 3 rings (SSSR count). The van der Waals surface area contributed by atoms with Crippen LogP contribution in [0.2, 0.25) is 0 Å². The van der Waals surface area contributed by atoms with E-state index in [0.29, 0.717) is 30.4 Å². The lowest BCUT2D eigenvalue weighted by Crippen LogP contribution is -2.48. The molecule has 31 heavy (non-hydrogen) atoms. The van der Waals surface area contributed by atoms with Crippen LogP contribution in [0, 0.1) is 12.8 Å². The number of benzene rings is 1. The Bertz CT molecular complexity index is 855. The van der Waals surface area contributed by atoms with E-state index < -0.39 is 0 Å². The molecule has 2 heterocycles. The number of aryl methyl sites for hydroxylation is 1. The van der Waals surface area contributed by atoms with E-state index in [1.807, 2.05) is 36.1 Å². The van der Waals surface area contributed by atoms with Gasteiger partial charge in [0.1, 0.15) is 5.75 Å². The van der Waals surface area contributed by atoms with Crippen LogP contribution in [-0.4, -0.2) is 41.0 Å². The Hall–Kier alpha value is -3.09. The van der Waals surface area contributed by atoms with Crippen LogP contribution in [0.15, 0.2) is 42.6 Å². The van der Waals surface area contributed by atoms with Crippen molar-refractivity contribution in [3.63, 3.8) is 0 Å². The predicted molar refractivity (Wildman–Crippen MR) is 121 cm³/mol. The van der Waals surface area contributed by atoms with Gasteiger partial charge in [-0.25, -0.2) is 9.78 Å². The van der Waals surface area contributed by atoms with Gasteiger partial charge in [0.2, 0.25) is 11.8 Å². The van der Waals surface area contributed by atoms with E-state index in [9.17, 15) is 9.59 Å². The molecule has 1 aliphatic rings. The maximum absolute atomic E-state index is 12.5. The monoisotopic (exact) mass is 424 g/mol. The number of pyridine rings is 1. The maximum Gasteiger partial charge on any atom is 0.319 e. The van der Waals surface area contributed by atoms with Gasteiger partial charge in [-0.05, 0) is 50.8 Å². The van der Waals surface area contributed by atoms with Crippen LogP contribution in [0.4, 0.5) is 10.5 Å². The fraction of sp³-hybridized carbons (Fsp3) is 0.458. The number of urea groups is 1. The lowest BCUT2D eigenvalue weighted by Gasteiger charge is -2.34. The molecule has 0 saturated carbocycles. The Morgan fingerprint density at radius 3 is 2.35 bits per heavy atom. The molecule has 1 fully saturated rings. The number of rotatable bonds is 7. The number of hydrogen-bond donors (Lipinski definition) is 2. The minimum Gasteiger partial charge on any atom is -0.439 e.